The molecule has 1 aromatic carbocycles. The summed E-state index contributed by atoms with van der Waals surface area (Å²) in [5, 5.41) is 13.1. The number of rotatable bonds is 5. The van der Waals surface area contributed by atoms with Gasteiger partial charge in [0, 0.05) is 39.1 Å². The molecule has 2 heterocycles. The van der Waals surface area contributed by atoms with Crippen molar-refractivity contribution in [3.8, 4) is 0 Å². The first-order chi connectivity index (χ1) is 12.7. The largest absolute Gasteiger partial charge is 0.393 e. The number of carbonyl (C=O) groups excluding carboxylic acids is 1. The monoisotopic (exact) mass is 486 g/mol. The number of aliphatic hydroxyl groups excluding tert-OH is 1. The van der Waals surface area contributed by atoms with Crippen molar-refractivity contribution in [3.63, 3.8) is 0 Å². The molecule has 2 aliphatic heterocycles. The molecule has 0 aromatic heterocycles. The quantitative estimate of drug-likeness (QED) is 0.381. The van der Waals surface area contributed by atoms with Crippen LogP contribution in [-0.4, -0.2) is 59.1 Å². The fraction of sp³-hybridized carbons (Fsp3) is 0.600. The number of nitrogens with zero attached hydrogens (tertiary/aromatic N) is 3. The van der Waals surface area contributed by atoms with Gasteiger partial charge in [0.2, 0.25) is 5.91 Å². The highest BCUT2D eigenvalue weighted by atomic mass is 127. The highest BCUT2D eigenvalue weighted by Crippen LogP contribution is 2.16. The maximum Gasteiger partial charge on any atom is 0.222 e. The predicted octanol–water partition coefficient (Wildman–Crippen LogP) is 2.35. The Morgan fingerprint density at radius 1 is 1.26 bits per heavy atom. The summed E-state index contributed by atoms with van der Waals surface area (Å²) in [4.78, 5) is 20.8. The lowest BCUT2D eigenvalue weighted by atomic mass is 10.1. The Bertz CT molecular complexity index is 645. The third kappa shape index (κ3) is 6.34. The summed E-state index contributed by atoms with van der Waals surface area (Å²) in [5.41, 5.74) is 2.32. The van der Waals surface area contributed by atoms with Crippen molar-refractivity contribution in [1.82, 2.24) is 15.1 Å². The van der Waals surface area contributed by atoms with Crippen LogP contribution in [0.15, 0.2) is 29.3 Å². The van der Waals surface area contributed by atoms with E-state index in [1.54, 1.807) is 0 Å². The molecule has 3 rings (SSSR count). The van der Waals surface area contributed by atoms with Crippen LogP contribution in [0.2, 0.25) is 0 Å². The van der Waals surface area contributed by atoms with Gasteiger partial charge in [-0.25, -0.2) is 4.99 Å². The second-order valence-electron chi connectivity index (χ2n) is 7.13. The van der Waals surface area contributed by atoms with Gasteiger partial charge in [-0.15, -0.1) is 24.0 Å². The summed E-state index contributed by atoms with van der Waals surface area (Å²) in [6.45, 7) is 6.75. The van der Waals surface area contributed by atoms with Gasteiger partial charge in [-0.2, -0.15) is 0 Å². The van der Waals surface area contributed by atoms with Crippen molar-refractivity contribution in [2.75, 3.05) is 26.2 Å². The lowest BCUT2D eigenvalue weighted by molar-refractivity contribution is -0.128. The fourth-order valence-corrected chi connectivity index (χ4v) is 3.59. The summed E-state index contributed by atoms with van der Waals surface area (Å²) in [6.07, 6.45) is 3.06. The van der Waals surface area contributed by atoms with Gasteiger partial charge >= 0.3 is 0 Å². The first-order valence-electron chi connectivity index (χ1n) is 9.72. The Hall–Kier alpha value is -1.35. The van der Waals surface area contributed by atoms with E-state index >= 15 is 0 Å². The third-order valence-corrected chi connectivity index (χ3v) is 5.05. The fourth-order valence-electron chi connectivity index (χ4n) is 3.59. The van der Waals surface area contributed by atoms with Gasteiger partial charge in [0.1, 0.15) is 0 Å². The van der Waals surface area contributed by atoms with Crippen LogP contribution in [0.3, 0.4) is 0 Å². The number of aliphatic hydroxyl groups is 1. The van der Waals surface area contributed by atoms with E-state index in [2.05, 4.69) is 35.3 Å². The molecule has 150 valence electrons. The van der Waals surface area contributed by atoms with Gasteiger partial charge in [0.05, 0.1) is 12.6 Å². The maximum absolute atomic E-state index is 11.8. The molecule has 6 nitrogen and oxygen atoms in total. The zero-order chi connectivity index (χ0) is 18.4. The Balaban J connectivity index is 0.00000261. The first-order valence-corrected chi connectivity index (χ1v) is 9.72. The molecule has 0 unspecified atom stereocenters. The first kappa shape index (κ1) is 21.9. The van der Waals surface area contributed by atoms with Crippen LogP contribution < -0.4 is 5.32 Å². The molecule has 2 fully saturated rings. The minimum atomic E-state index is -0.181. The van der Waals surface area contributed by atoms with Gasteiger partial charge in [0.15, 0.2) is 5.96 Å². The molecule has 2 saturated heterocycles. The minimum Gasteiger partial charge on any atom is -0.393 e. The van der Waals surface area contributed by atoms with E-state index in [1.807, 2.05) is 11.0 Å². The summed E-state index contributed by atoms with van der Waals surface area (Å²) in [5.74, 6) is 1.18. The van der Waals surface area contributed by atoms with Gasteiger partial charge in [-0.05, 0) is 37.3 Å². The smallest absolute Gasteiger partial charge is 0.222 e. The van der Waals surface area contributed by atoms with Crippen molar-refractivity contribution >= 4 is 35.8 Å². The second-order valence-corrected chi connectivity index (χ2v) is 7.13. The molecule has 0 aliphatic carbocycles. The van der Waals surface area contributed by atoms with E-state index in [-0.39, 0.29) is 36.0 Å². The third-order valence-electron chi connectivity index (χ3n) is 5.05. The van der Waals surface area contributed by atoms with Gasteiger partial charge in [-0.1, -0.05) is 24.3 Å². The van der Waals surface area contributed by atoms with Crippen LogP contribution in [0.25, 0.3) is 0 Å². The standard InChI is InChI=1S/C20H30N4O2.HI/c1-2-21-20(23-11-8-18(25)9-12-23)22-14-16-5-3-6-17(13-16)15-24-10-4-7-19(24)26;/h3,5-6,13,18,25H,2,4,7-12,14-15H2,1H3,(H,21,22);1H. The number of amides is 1. The van der Waals surface area contributed by atoms with Crippen molar-refractivity contribution in [1.29, 1.82) is 0 Å². The topological polar surface area (TPSA) is 68.2 Å². The number of piperidine rings is 1. The Labute approximate surface area is 179 Å². The number of guanidine groups is 1. The van der Waals surface area contributed by atoms with Crippen LogP contribution in [0.5, 0.6) is 0 Å². The normalized spacial score (nSPS) is 18.6. The lowest BCUT2D eigenvalue weighted by Gasteiger charge is -2.32. The predicted molar refractivity (Wildman–Crippen MR) is 118 cm³/mol. The molecule has 0 radical (unpaired) electrons. The molecule has 2 N–H and O–H groups in total. The molecule has 2 aliphatic rings. The number of halogens is 1. The highest BCUT2D eigenvalue weighted by Gasteiger charge is 2.21. The van der Waals surface area contributed by atoms with Gasteiger partial charge < -0.3 is 20.2 Å². The van der Waals surface area contributed by atoms with E-state index < -0.39 is 0 Å². The van der Waals surface area contributed by atoms with Gasteiger partial charge in [-0.3, -0.25) is 4.79 Å². The summed E-state index contributed by atoms with van der Waals surface area (Å²) in [7, 11) is 0. The van der Waals surface area contributed by atoms with E-state index in [1.165, 1.54) is 5.56 Å². The molecular formula is C20H31IN4O2. The average Bonchev–Trinajstić information content (AvgIpc) is 3.04. The molecule has 7 heteroatoms. The number of hydrogen-bond donors (Lipinski definition) is 2. The zero-order valence-corrected chi connectivity index (χ0v) is 18.4. The summed E-state index contributed by atoms with van der Waals surface area (Å²) in [6, 6.07) is 8.36. The Kier molecular flexibility index (Phi) is 8.82. The number of aliphatic imine (C=N–C) groups is 1. The molecule has 0 saturated carbocycles. The molecule has 0 atom stereocenters. The number of likely N-dealkylation sites (tertiary alicyclic amines) is 2. The minimum absolute atomic E-state index is 0. The average molecular weight is 486 g/mol. The summed E-state index contributed by atoms with van der Waals surface area (Å²) < 4.78 is 0. The molecule has 27 heavy (non-hydrogen) atoms. The van der Waals surface area contributed by atoms with E-state index in [0.29, 0.717) is 19.5 Å². The van der Waals surface area contributed by atoms with E-state index in [9.17, 15) is 9.90 Å². The van der Waals surface area contributed by atoms with E-state index in [0.717, 1.165) is 57.0 Å². The SMILES string of the molecule is CCNC(=NCc1cccc(CN2CCCC2=O)c1)N1CCC(O)CC1.I. The summed E-state index contributed by atoms with van der Waals surface area (Å²) >= 11 is 0. The van der Waals surface area contributed by atoms with Crippen LogP contribution >= 0.6 is 24.0 Å². The molecule has 1 amide bonds. The molecule has 1 aromatic rings. The molecular weight excluding hydrogens is 455 g/mol. The molecule has 0 bridgehead atoms. The number of nitrogens with one attached hydrogen (secondary N) is 1. The Morgan fingerprint density at radius 3 is 2.67 bits per heavy atom. The maximum atomic E-state index is 11.8. The van der Waals surface area contributed by atoms with Crippen LogP contribution in [0, 0.1) is 0 Å². The Morgan fingerprint density at radius 2 is 2.00 bits per heavy atom. The highest BCUT2D eigenvalue weighted by molar-refractivity contribution is 14.0. The zero-order valence-electron chi connectivity index (χ0n) is 16.1. The van der Waals surface area contributed by atoms with Crippen molar-refractivity contribution in [2.45, 2.75) is 51.8 Å². The van der Waals surface area contributed by atoms with Crippen molar-refractivity contribution < 1.29 is 9.90 Å². The number of carbonyl (C=O) groups is 1. The molecule has 0 spiro atoms. The van der Waals surface area contributed by atoms with Crippen LogP contribution in [0.1, 0.15) is 43.7 Å². The number of benzene rings is 1. The lowest BCUT2D eigenvalue weighted by Crippen LogP contribution is -2.46. The van der Waals surface area contributed by atoms with Crippen LogP contribution in [-0.2, 0) is 17.9 Å². The van der Waals surface area contributed by atoms with Gasteiger partial charge in [0.25, 0.3) is 0 Å². The van der Waals surface area contributed by atoms with E-state index in [4.69, 9.17) is 4.99 Å². The second kappa shape index (κ2) is 10.8. The van der Waals surface area contributed by atoms with Crippen molar-refractivity contribution in [2.24, 2.45) is 4.99 Å². The number of hydrogen-bond acceptors (Lipinski definition) is 3. The van der Waals surface area contributed by atoms with Crippen LogP contribution in [0.4, 0.5) is 0 Å². The van der Waals surface area contributed by atoms with Crippen molar-refractivity contribution in [3.05, 3.63) is 35.4 Å².